The Hall–Kier alpha value is -4.41. The molecule has 1 amide bonds. The molecule has 3 aliphatic rings. The van der Waals surface area contributed by atoms with Crippen molar-refractivity contribution in [2.75, 3.05) is 0 Å². The predicted molar refractivity (Wildman–Crippen MR) is 155 cm³/mol. The number of carbonyl (C=O) groups is 2. The molecule has 1 aliphatic carbocycles. The maximum absolute atomic E-state index is 15.1. The number of ether oxygens (including phenoxy) is 1. The van der Waals surface area contributed by atoms with Crippen LogP contribution in [0.4, 0.5) is 4.39 Å². The molecule has 0 bridgehead atoms. The maximum atomic E-state index is 15.1. The van der Waals surface area contributed by atoms with E-state index < -0.39 is 41.0 Å². The van der Waals surface area contributed by atoms with Crippen LogP contribution >= 0.6 is 0 Å². The number of nitrogens with one attached hydrogen (secondary N) is 1. The number of hydrogen-bond donors (Lipinski definition) is 3. The van der Waals surface area contributed by atoms with Gasteiger partial charge in [0, 0.05) is 29.0 Å². The quantitative estimate of drug-likeness (QED) is 0.271. The number of hydrogen-bond acceptors (Lipinski definition) is 7. The summed E-state index contributed by atoms with van der Waals surface area (Å²) in [6.07, 6.45) is -0.153. The molecule has 220 valence electrons. The van der Waals surface area contributed by atoms with E-state index in [1.807, 2.05) is 30.3 Å². The Balaban J connectivity index is 1.38. The van der Waals surface area contributed by atoms with Crippen molar-refractivity contribution in [3.8, 4) is 11.4 Å². The summed E-state index contributed by atoms with van der Waals surface area (Å²) in [5.74, 6) is -1.74. The van der Waals surface area contributed by atoms with Crippen LogP contribution < -0.4 is 10.9 Å². The Kier molecular flexibility index (Phi) is 6.26. The first-order valence-corrected chi connectivity index (χ1v) is 14.5. The van der Waals surface area contributed by atoms with Crippen molar-refractivity contribution in [1.82, 2.24) is 14.9 Å². The third kappa shape index (κ3) is 4.04. The highest BCUT2D eigenvalue weighted by atomic mass is 19.1. The Labute approximate surface area is 246 Å². The van der Waals surface area contributed by atoms with Crippen molar-refractivity contribution < 1.29 is 28.9 Å². The number of aromatic nitrogens is 2. The van der Waals surface area contributed by atoms with Gasteiger partial charge < -0.3 is 24.8 Å². The molecule has 0 radical (unpaired) electrons. The van der Waals surface area contributed by atoms with Gasteiger partial charge in [-0.1, -0.05) is 37.3 Å². The van der Waals surface area contributed by atoms with Gasteiger partial charge in [0.2, 0.25) is 5.91 Å². The van der Waals surface area contributed by atoms with E-state index in [2.05, 4.69) is 5.32 Å². The van der Waals surface area contributed by atoms with Gasteiger partial charge in [0.15, 0.2) is 5.60 Å². The molecule has 2 aromatic carbocycles. The normalized spacial score (nSPS) is 20.7. The Morgan fingerprint density at radius 1 is 1.21 bits per heavy atom. The fourth-order valence-corrected chi connectivity index (χ4v) is 6.90. The van der Waals surface area contributed by atoms with Crippen LogP contribution in [0.2, 0.25) is 0 Å². The number of aryl methyl sites for hydroxylation is 1. The standard InChI is InChI=1S/C33H30FN3O6/c1-3-33(42)21-12-25-29-19(14-37(25)31(40)20(21)15-43-32(33)41)28-23(36-30(39)26(38)11-17-7-5-4-6-8-17)10-9-18-16(2)22(34)13-24(35-29)27(18)28/h4-8,12-13,23,26,38,42H,3,9-11,14-15H2,1-2H3,(H,36,39)/t23-,26?,33+/m1/s1. The summed E-state index contributed by atoms with van der Waals surface area (Å²) in [5, 5.41) is 25.8. The number of nitrogens with zero attached hydrogens (tertiary/aromatic N) is 2. The largest absolute Gasteiger partial charge is 0.458 e. The lowest BCUT2D eigenvalue weighted by Crippen LogP contribution is -2.44. The lowest BCUT2D eigenvalue weighted by atomic mass is 9.81. The summed E-state index contributed by atoms with van der Waals surface area (Å²) in [6.45, 7) is 3.25. The SMILES string of the molecule is CC[C@@]1(O)C(=O)OCc2c1cc1n(c2=O)Cc2c-1nc1cc(F)c(C)c3c1c2[C@H](NC(=O)C(O)Cc1ccccc1)CC3. The highest BCUT2D eigenvalue weighted by molar-refractivity contribution is 5.94. The van der Waals surface area contributed by atoms with Crippen LogP contribution in [0.25, 0.3) is 22.3 Å². The molecule has 7 rings (SSSR count). The van der Waals surface area contributed by atoms with Gasteiger partial charge in [0.25, 0.3) is 5.56 Å². The molecule has 3 atom stereocenters. The molecule has 0 saturated heterocycles. The van der Waals surface area contributed by atoms with E-state index in [4.69, 9.17) is 9.72 Å². The third-order valence-electron chi connectivity index (χ3n) is 9.27. The lowest BCUT2D eigenvalue weighted by Gasteiger charge is -2.31. The summed E-state index contributed by atoms with van der Waals surface area (Å²) in [5.41, 5.74) is 2.82. The summed E-state index contributed by atoms with van der Waals surface area (Å²) in [7, 11) is 0. The highest BCUT2D eigenvalue weighted by Gasteiger charge is 2.46. The van der Waals surface area contributed by atoms with E-state index in [1.165, 1.54) is 10.6 Å². The first-order valence-electron chi connectivity index (χ1n) is 14.5. The van der Waals surface area contributed by atoms with Crippen molar-refractivity contribution in [2.24, 2.45) is 0 Å². The van der Waals surface area contributed by atoms with E-state index >= 15 is 4.39 Å². The summed E-state index contributed by atoms with van der Waals surface area (Å²) in [6, 6.07) is 11.7. The highest BCUT2D eigenvalue weighted by Crippen LogP contribution is 2.46. The fourth-order valence-electron chi connectivity index (χ4n) is 6.90. The molecule has 0 saturated carbocycles. The van der Waals surface area contributed by atoms with Crippen molar-refractivity contribution >= 4 is 22.8 Å². The summed E-state index contributed by atoms with van der Waals surface area (Å²) >= 11 is 0. The fraction of sp³-hybridized carbons (Fsp3) is 0.333. The topological polar surface area (TPSA) is 131 Å². The number of halogens is 1. The number of rotatable bonds is 5. The van der Waals surface area contributed by atoms with Gasteiger partial charge in [-0.15, -0.1) is 0 Å². The van der Waals surface area contributed by atoms with Crippen LogP contribution in [-0.4, -0.2) is 37.7 Å². The molecule has 4 aromatic rings. The van der Waals surface area contributed by atoms with Crippen molar-refractivity contribution in [3.63, 3.8) is 0 Å². The first-order chi connectivity index (χ1) is 20.6. The van der Waals surface area contributed by atoms with Gasteiger partial charge >= 0.3 is 5.97 Å². The Morgan fingerprint density at radius 3 is 2.72 bits per heavy atom. The van der Waals surface area contributed by atoms with Crippen molar-refractivity contribution in [2.45, 2.75) is 70.4 Å². The third-order valence-corrected chi connectivity index (χ3v) is 9.27. The number of aliphatic hydroxyl groups excluding tert-OH is 1. The molecule has 4 heterocycles. The number of benzene rings is 2. The average Bonchev–Trinajstić information content (AvgIpc) is 3.37. The summed E-state index contributed by atoms with van der Waals surface area (Å²) in [4.78, 5) is 44.4. The number of cyclic esters (lactones) is 1. The molecule has 9 nitrogen and oxygen atoms in total. The van der Waals surface area contributed by atoms with Gasteiger partial charge in [0.1, 0.15) is 18.5 Å². The number of aliphatic hydroxyl groups is 2. The first kappa shape index (κ1) is 27.4. The Morgan fingerprint density at radius 2 is 1.98 bits per heavy atom. The second kappa shape index (κ2) is 9.82. The molecule has 0 fully saturated rings. The number of carbonyl (C=O) groups excluding carboxylic acids is 2. The zero-order valence-corrected chi connectivity index (χ0v) is 23.7. The second-order valence-electron chi connectivity index (χ2n) is 11.6. The molecule has 2 aromatic heterocycles. The maximum Gasteiger partial charge on any atom is 0.343 e. The predicted octanol–water partition coefficient (Wildman–Crippen LogP) is 3.23. The van der Waals surface area contributed by atoms with Crippen LogP contribution in [0.15, 0.2) is 47.3 Å². The van der Waals surface area contributed by atoms with E-state index in [0.717, 1.165) is 22.1 Å². The van der Waals surface area contributed by atoms with Gasteiger partial charge in [-0.05, 0) is 54.5 Å². The van der Waals surface area contributed by atoms with Gasteiger partial charge in [-0.2, -0.15) is 0 Å². The molecule has 2 aliphatic heterocycles. The number of amides is 1. The smallest absolute Gasteiger partial charge is 0.343 e. The molecule has 10 heteroatoms. The van der Waals surface area contributed by atoms with E-state index in [0.29, 0.717) is 40.9 Å². The molecular formula is C33H30FN3O6. The average molecular weight is 584 g/mol. The van der Waals surface area contributed by atoms with E-state index in [-0.39, 0.29) is 37.1 Å². The lowest BCUT2D eigenvalue weighted by molar-refractivity contribution is -0.172. The van der Waals surface area contributed by atoms with Crippen molar-refractivity contribution in [1.29, 1.82) is 0 Å². The van der Waals surface area contributed by atoms with Crippen LogP contribution in [0.5, 0.6) is 0 Å². The molecule has 43 heavy (non-hydrogen) atoms. The van der Waals surface area contributed by atoms with E-state index in [9.17, 15) is 24.6 Å². The number of fused-ring (bicyclic) bond motifs is 5. The molecule has 1 unspecified atom stereocenters. The molecule has 0 spiro atoms. The van der Waals surface area contributed by atoms with Crippen molar-refractivity contribution in [3.05, 3.63) is 97.6 Å². The minimum absolute atomic E-state index is 0.0121. The van der Waals surface area contributed by atoms with Crippen LogP contribution in [0.1, 0.15) is 64.8 Å². The zero-order valence-electron chi connectivity index (χ0n) is 23.7. The van der Waals surface area contributed by atoms with Gasteiger partial charge in [0.05, 0.1) is 35.1 Å². The zero-order chi connectivity index (χ0) is 30.2. The minimum atomic E-state index is -1.97. The monoisotopic (exact) mass is 583 g/mol. The van der Waals surface area contributed by atoms with Gasteiger partial charge in [-0.25, -0.2) is 14.2 Å². The van der Waals surface area contributed by atoms with Crippen LogP contribution in [0, 0.1) is 12.7 Å². The number of esters is 1. The van der Waals surface area contributed by atoms with E-state index in [1.54, 1.807) is 19.9 Å². The number of pyridine rings is 2. The van der Waals surface area contributed by atoms with Crippen LogP contribution in [0.3, 0.4) is 0 Å². The second-order valence-corrected chi connectivity index (χ2v) is 11.6. The van der Waals surface area contributed by atoms with Crippen LogP contribution in [-0.2, 0) is 45.9 Å². The molecule has 3 N–H and O–H groups in total. The minimum Gasteiger partial charge on any atom is -0.458 e. The van der Waals surface area contributed by atoms with Gasteiger partial charge in [-0.3, -0.25) is 9.59 Å². The Bertz CT molecular complexity index is 1920. The molecular weight excluding hydrogens is 553 g/mol. The summed E-state index contributed by atoms with van der Waals surface area (Å²) < 4.78 is 21.8.